The molecule has 2 aromatic rings. The van der Waals surface area contributed by atoms with Crippen LogP contribution < -0.4 is 14.6 Å². The first-order valence-electron chi connectivity index (χ1n) is 7.00. The van der Waals surface area contributed by atoms with E-state index in [2.05, 4.69) is 0 Å². The lowest BCUT2D eigenvalue weighted by Crippen LogP contribution is -2.18. The summed E-state index contributed by atoms with van der Waals surface area (Å²) in [6.07, 6.45) is 2.39. The molecule has 0 saturated heterocycles. The van der Waals surface area contributed by atoms with Crippen LogP contribution in [0.4, 0.5) is 0 Å². The molecule has 0 saturated carbocycles. The third-order valence-corrected chi connectivity index (χ3v) is 2.96. The highest BCUT2D eigenvalue weighted by molar-refractivity contribution is 5.84. The second kappa shape index (κ2) is 8.60. The first-order valence-corrected chi connectivity index (χ1v) is 7.00. The third kappa shape index (κ3) is 5.48. The molecule has 23 heavy (non-hydrogen) atoms. The molecule has 0 heterocycles. The van der Waals surface area contributed by atoms with Crippen LogP contribution in [0.15, 0.2) is 54.6 Å². The van der Waals surface area contributed by atoms with Gasteiger partial charge in [-0.05, 0) is 29.8 Å². The van der Waals surface area contributed by atoms with Gasteiger partial charge in [-0.2, -0.15) is 0 Å². The van der Waals surface area contributed by atoms with E-state index in [0.29, 0.717) is 23.7 Å². The zero-order valence-electron chi connectivity index (χ0n) is 12.7. The fourth-order valence-corrected chi connectivity index (χ4v) is 1.89. The van der Waals surface area contributed by atoms with Gasteiger partial charge in [0.1, 0.15) is 18.1 Å². The number of benzene rings is 2. The lowest BCUT2D eigenvalue weighted by molar-refractivity contribution is -0.297. The standard InChI is InChI=1S/C18H18O5/c1-21-13-23-16-9-7-15(8-10-18(19)20)17(11-16)22-12-14-5-3-2-4-6-14/h2-11H,12-13H2,1H3,(H,19,20)/p-1/b10-8+. The molecule has 0 spiro atoms. The van der Waals surface area contributed by atoms with E-state index in [-0.39, 0.29) is 6.79 Å². The largest absolute Gasteiger partial charge is 0.545 e. The van der Waals surface area contributed by atoms with Gasteiger partial charge >= 0.3 is 0 Å². The van der Waals surface area contributed by atoms with E-state index in [4.69, 9.17) is 14.2 Å². The number of aliphatic carboxylic acids is 1. The number of carboxylic acid groups (broad SMARTS) is 1. The smallest absolute Gasteiger partial charge is 0.188 e. The van der Waals surface area contributed by atoms with Crippen molar-refractivity contribution >= 4 is 12.0 Å². The summed E-state index contributed by atoms with van der Waals surface area (Å²) in [6, 6.07) is 14.8. The topological polar surface area (TPSA) is 67.8 Å². The molecule has 0 aromatic heterocycles. The Balaban J connectivity index is 2.18. The molecule has 5 heteroatoms. The van der Waals surface area contributed by atoms with Crippen LogP contribution in [0.2, 0.25) is 0 Å². The highest BCUT2D eigenvalue weighted by atomic mass is 16.7. The maximum Gasteiger partial charge on any atom is 0.188 e. The molecule has 2 rings (SSSR count). The minimum atomic E-state index is -1.27. The first-order chi connectivity index (χ1) is 11.2. The van der Waals surface area contributed by atoms with Gasteiger partial charge in [-0.1, -0.05) is 30.3 Å². The van der Waals surface area contributed by atoms with Gasteiger partial charge < -0.3 is 24.1 Å². The summed E-state index contributed by atoms with van der Waals surface area (Å²) in [5.74, 6) is -0.181. The molecule has 0 amide bonds. The van der Waals surface area contributed by atoms with Crippen LogP contribution in [-0.4, -0.2) is 19.9 Å². The van der Waals surface area contributed by atoms with Gasteiger partial charge in [0, 0.05) is 18.7 Å². The maximum absolute atomic E-state index is 10.6. The molecule has 0 aliphatic heterocycles. The molecule has 0 fully saturated rings. The molecular formula is C18H17O5-. The van der Waals surface area contributed by atoms with Crippen molar-refractivity contribution in [2.24, 2.45) is 0 Å². The fraction of sp³-hybridized carbons (Fsp3) is 0.167. The predicted octanol–water partition coefficient (Wildman–Crippen LogP) is 2.01. The van der Waals surface area contributed by atoms with Gasteiger partial charge in [0.25, 0.3) is 0 Å². The number of ether oxygens (including phenoxy) is 3. The van der Waals surface area contributed by atoms with E-state index in [0.717, 1.165) is 11.6 Å². The third-order valence-electron chi connectivity index (χ3n) is 2.96. The van der Waals surface area contributed by atoms with Gasteiger partial charge in [0.15, 0.2) is 6.79 Å². The Morgan fingerprint density at radius 3 is 2.61 bits per heavy atom. The quantitative estimate of drug-likeness (QED) is 0.551. The van der Waals surface area contributed by atoms with Crippen molar-refractivity contribution in [2.75, 3.05) is 13.9 Å². The van der Waals surface area contributed by atoms with Gasteiger partial charge in [-0.3, -0.25) is 0 Å². The second-order valence-electron chi connectivity index (χ2n) is 4.68. The number of methoxy groups -OCH3 is 1. The summed E-state index contributed by atoms with van der Waals surface area (Å²) < 4.78 is 16.0. The zero-order chi connectivity index (χ0) is 16.5. The molecule has 0 radical (unpaired) electrons. The SMILES string of the molecule is COCOc1ccc(/C=C/C(=O)[O-])c(OCc2ccccc2)c1. The molecule has 2 aromatic carbocycles. The summed E-state index contributed by atoms with van der Waals surface area (Å²) in [6.45, 7) is 0.479. The molecule has 120 valence electrons. The molecule has 0 atom stereocenters. The minimum absolute atomic E-state index is 0.117. The average molecular weight is 313 g/mol. The Hall–Kier alpha value is -2.79. The monoisotopic (exact) mass is 313 g/mol. The highest BCUT2D eigenvalue weighted by Gasteiger charge is 2.05. The van der Waals surface area contributed by atoms with Crippen LogP contribution in [0.1, 0.15) is 11.1 Å². The summed E-state index contributed by atoms with van der Waals surface area (Å²) in [5.41, 5.74) is 1.63. The molecule has 0 aliphatic rings. The van der Waals surface area contributed by atoms with Crippen LogP contribution in [0.25, 0.3) is 6.08 Å². The van der Waals surface area contributed by atoms with Gasteiger partial charge in [0.2, 0.25) is 0 Å². The molecule has 0 unspecified atom stereocenters. The van der Waals surface area contributed by atoms with E-state index < -0.39 is 5.97 Å². The van der Waals surface area contributed by atoms with Crippen LogP contribution >= 0.6 is 0 Å². The van der Waals surface area contributed by atoms with Crippen molar-refractivity contribution in [3.8, 4) is 11.5 Å². The molecular weight excluding hydrogens is 296 g/mol. The number of carbonyl (C=O) groups excluding carboxylic acids is 1. The van der Waals surface area contributed by atoms with E-state index in [1.165, 1.54) is 13.2 Å². The number of carbonyl (C=O) groups is 1. The van der Waals surface area contributed by atoms with E-state index >= 15 is 0 Å². The Kier molecular flexibility index (Phi) is 6.20. The van der Waals surface area contributed by atoms with Crippen LogP contribution in [0.5, 0.6) is 11.5 Å². The van der Waals surface area contributed by atoms with Crippen LogP contribution in [0.3, 0.4) is 0 Å². The van der Waals surface area contributed by atoms with E-state index in [1.54, 1.807) is 18.2 Å². The summed E-state index contributed by atoms with van der Waals surface area (Å²) in [7, 11) is 1.53. The Morgan fingerprint density at radius 2 is 1.91 bits per heavy atom. The molecule has 0 aliphatic carbocycles. The molecule has 5 nitrogen and oxygen atoms in total. The summed E-state index contributed by atoms with van der Waals surface area (Å²) >= 11 is 0. The normalized spacial score (nSPS) is 10.7. The molecule has 0 bridgehead atoms. The lowest BCUT2D eigenvalue weighted by atomic mass is 10.1. The number of hydrogen-bond donors (Lipinski definition) is 0. The van der Waals surface area contributed by atoms with Crippen molar-refractivity contribution in [2.45, 2.75) is 6.61 Å². The lowest BCUT2D eigenvalue weighted by Gasteiger charge is -2.12. The van der Waals surface area contributed by atoms with Crippen molar-refractivity contribution in [1.29, 1.82) is 0 Å². The van der Waals surface area contributed by atoms with E-state index in [1.807, 2.05) is 30.3 Å². The van der Waals surface area contributed by atoms with Gasteiger partial charge in [-0.15, -0.1) is 0 Å². The van der Waals surface area contributed by atoms with Crippen molar-refractivity contribution < 1.29 is 24.1 Å². The Bertz CT molecular complexity index is 664. The Morgan fingerprint density at radius 1 is 1.13 bits per heavy atom. The summed E-state index contributed by atoms with van der Waals surface area (Å²) in [4.78, 5) is 10.6. The first kappa shape index (κ1) is 16.6. The van der Waals surface area contributed by atoms with Crippen LogP contribution in [-0.2, 0) is 16.1 Å². The van der Waals surface area contributed by atoms with Crippen molar-refractivity contribution in [1.82, 2.24) is 0 Å². The number of hydrogen-bond acceptors (Lipinski definition) is 5. The van der Waals surface area contributed by atoms with Crippen LogP contribution in [0, 0.1) is 0 Å². The predicted molar refractivity (Wildman–Crippen MR) is 83.8 cm³/mol. The van der Waals surface area contributed by atoms with E-state index in [9.17, 15) is 9.90 Å². The average Bonchev–Trinajstić information content (AvgIpc) is 2.57. The maximum atomic E-state index is 10.6. The second-order valence-corrected chi connectivity index (χ2v) is 4.68. The number of carboxylic acids is 1. The Labute approximate surface area is 134 Å². The zero-order valence-corrected chi connectivity index (χ0v) is 12.7. The molecule has 0 N–H and O–H groups in total. The fourth-order valence-electron chi connectivity index (χ4n) is 1.89. The van der Waals surface area contributed by atoms with Gasteiger partial charge in [0.05, 0.1) is 5.97 Å². The highest BCUT2D eigenvalue weighted by Crippen LogP contribution is 2.27. The summed E-state index contributed by atoms with van der Waals surface area (Å²) in [5, 5.41) is 10.6. The van der Waals surface area contributed by atoms with Crippen molar-refractivity contribution in [3.05, 3.63) is 65.7 Å². The minimum Gasteiger partial charge on any atom is -0.545 e. The van der Waals surface area contributed by atoms with Crippen molar-refractivity contribution in [3.63, 3.8) is 0 Å². The van der Waals surface area contributed by atoms with Gasteiger partial charge in [-0.25, -0.2) is 0 Å². The number of rotatable bonds is 8.